The lowest BCUT2D eigenvalue weighted by molar-refractivity contribution is -0.137. The molecule has 0 atom stereocenters. The fraction of sp³-hybridized carbons (Fsp3) is 0.450. The number of benzene rings is 1. The van der Waals surface area contributed by atoms with Crippen molar-refractivity contribution in [3.05, 3.63) is 36.4 Å². The summed E-state index contributed by atoms with van der Waals surface area (Å²) in [5, 5.41) is 5.19. The Morgan fingerprint density at radius 3 is 2.38 bits per heavy atom. The highest BCUT2D eigenvalue weighted by Gasteiger charge is 2.50. The third-order valence-corrected chi connectivity index (χ3v) is 5.39. The Morgan fingerprint density at radius 2 is 1.86 bits per heavy atom. The molecule has 1 saturated carbocycles. The number of nitrogens with one attached hydrogen (secondary N) is 2. The number of carbonyl (C=O) groups is 3. The van der Waals surface area contributed by atoms with E-state index in [-0.39, 0.29) is 23.3 Å². The number of halogens is 3. The van der Waals surface area contributed by atoms with Crippen molar-refractivity contribution in [1.29, 1.82) is 0 Å². The van der Waals surface area contributed by atoms with E-state index in [0.29, 0.717) is 45.1 Å². The van der Waals surface area contributed by atoms with Gasteiger partial charge in [-0.15, -0.1) is 0 Å². The molecule has 0 spiro atoms. The molecule has 1 saturated heterocycles. The van der Waals surface area contributed by atoms with Crippen LogP contribution in [-0.4, -0.2) is 37.2 Å². The standard InChI is InChI=1S/C20H22F3N3O3/c1-2-17(28)24-13-5-9-26(10-6-13)16-4-3-14(11-15(16)20(21,22)23)25-18(29)19(12-27)7-8-19/h2-4,11-13H,1,5-10H2,(H,24,28)(H,25,29). The van der Waals surface area contributed by atoms with Gasteiger partial charge in [0, 0.05) is 30.5 Å². The van der Waals surface area contributed by atoms with Crippen LogP contribution in [0.25, 0.3) is 0 Å². The number of nitrogens with zero attached hydrogens (tertiary/aromatic N) is 1. The van der Waals surface area contributed by atoms with Crippen LogP contribution in [0.2, 0.25) is 0 Å². The van der Waals surface area contributed by atoms with Crippen LogP contribution < -0.4 is 15.5 Å². The van der Waals surface area contributed by atoms with E-state index in [0.717, 1.165) is 12.1 Å². The van der Waals surface area contributed by atoms with Gasteiger partial charge in [0.15, 0.2) is 0 Å². The summed E-state index contributed by atoms with van der Waals surface area (Å²) < 4.78 is 41.0. The summed E-state index contributed by atoms with van der Waals surface area (Å²) in [7, 11) is 0. The SMILES string of the molecule is C=CC(=O)NC1CCN(c2ccc(NC(=O)C3(C=O)CC3)cc2C(F)(F)F)CC1. The summed E-state index contributed by atoms with van der Waals surface area (Å²) >= 11 is 0. The normalized spacial score (nSPS) is 18.7. The van der Waals surface area contributed by atoms with Crippen LogP contribution in [0.4, 0.5) is 24.5 Å². The van der Waals surface area contributed by atoms with Gasteiger partial charge in [0.2, 0.25) is 11.8 Å². The molecular weight excluding hydrogens is 387 g/mol. The predicted octanol–water partition coefficient (Wildman–Crippen LogP) is 2.89. The Balaban J connectivity index is 1.75. The minimum absolute atomic E-state index is 0.00679. The van der Waals surface area contributed by atoms with Gasteiger partial charge in [0.25, 0.3) is 0 Å². The molecule has 0 radical (unpaired) electrons. The predicted molar refractivity (Wildman–Crippen MR) is 101 cm³/mol. The lowest BCUT2D eigenvalue weighted by Crippen LogP contribution is -2.44. The Hall–Kier alpha value is -2.84. The minimum Gasteiger partial charge on any atom is -0.371 e. The maximum atomic E-state index is 13.7. The monoisotopic (exact) mass is 409 g/mol. The number of anilines is 2. The first-order valence-electron chi connectivity index (χ1n) is 9.35. The van der Waals surface area contributed by atoms with Gasteiger partial charge in [-0.05, 0) is 50.0 Å². The van der Waals surface area contributed by atoms with Gasteiger partial charge in [-0.25, -0.2) is 0 Å². The van der Waals surface area contributed by atoms with Crippen LogP contribution in [0, 0.1) is 5.41 Å². The molecule has 0 aromatic heterocycles. The third kappa shape index (κ3) is 4.60. The van der Waals surface area contributed by atoms with Crippen molar-refractivity contribution in [3.8, 4) is 0 Å². The zero-order valence-electron chi connectivity index (χ0n) is 15.7. The van der Waals surface area contributed by atoms with Gasteiger partial charge in [-0.3, -0.25) is 9.59 Å². The van der Waals surface area contributed by atoms with Gasteiger partial charge in [-0.1, -0.05) is 6.58 Å². The highest BCUT2D eigenvalue weighted by Crippen LogP contribution is 2.45. The van der Waals surface area contributed by atoms with Crippen LogP contribution in [0.15, 0.2) is 30.9 Å². The van der Waals surface area contributed by atoms with Crippen molar-refractivity contribution < 1.29 is 27.6 Å². The Kier molecular flexibility index (Phi) is 5.68. The van der Waals surface area contributed by atoms with Gasteiger partial charge in [0.05, 0.1) is 5.56 Å². The molecule has 9 heteroatoms. The van der Waals surface area contributed by atoms with E-state index >= 15 is 0 Å². The first kappa shape index (κ1) is 20.9. The fourth-order valence-electron chi connectivity index (χ4n) is 3.43. The maximum Gasteiger partial charge on any atom is 0.418 e. The van der Waals surface area contributed by atoms with E-state index in [1.54, 1.807) is 4.90 Å². The maximum absolute atomic E-state index is 13.7. The molecule has 1 aliphatic heterocycles. The Bertz CT molecular complexity index is 826. The first-order valence-corrected chi connectivity index (χ1v) is 9.35. The highest BCUT2D eigenvalue weighted by molar-refractivity contribution is 6.07. The lowest BCUT2D eigenvalue weighted by atomic mass is 10.0. The van der Waals surface area contributed by atoms with E-state index in [1.165, 1.54) is 12.1 Å². The van der Waals surface area contributed by atoms with Crippen LogP contribution in [0.5, 0.6) is 0 Å². The molecule has 0 bridgehead atoms. The summed E-state index contributed by atoms with van der Waals surface area (Å²) in [6.45, 7) is 4.09. The Morgan fingerprint density at radius 1 is 1.21 bits per heavy atom. The van der Waals surface area contributed by atoms with E-state index in [4.69, 9.17) is 0 Å². The molecule has 0 unspecified atom stereocenters. The number of aldehydes is 1. The van der Waals surface area contributed by atoms with Crippen molar-refractivity contribution >= 4 is 29.5 Å². The number of amides is 2. The van der Waals surface area contributed by atoms with Crippen LogP contribution >= 0.6 is 0 Å². The molecule has 1 aromatic carbocycles. The number of hydrogen-bond donors (Lipinski definition) is 2. The van der Waals surface area contributed by atoms with Gasteiger partial charge >= 0.3 is 6.18 Å². The second-order valence-electron chi connectivity index (χ2n) is 7.43. The molecule has 6 nitrogen and oxygen atoms in total. The van der Waals surface area contributed by atoms with E-state index in [2.05, 4.69) is 17.2 Å². The first-order chi connectivity index (χ1) is 13.7. The summed E-state index contributed by atoms with van der Waals surface area (Å²) in [6.07, 6.45) is -1.05. The summed E-state index contributed by atoms with van der Waals surface area (Å²) in [5.74, 6) is -0.879. The average molecular weight is 409 g/mol. The molecular formula is C20H22F3N3O3. The van der Waals surface area contributed by atoms with Gasteiger partial charge in [0.1, 0.15) is 11.7 Å². The molecule has 3 rings (SSSR count). The number of carbonyl (C=O) groups excluding carboxylic acids is 3. The number of alkyl halides is 3. The minimum atomic E-state index is -4.61. The van der Waals surface area contributed by atoms with Gasteiger partial charge in [-0.2, -0.15) is 13.2 Å². The van der Waals surface area contributed by atoms with Gasteiger partial charge < -0.3 is 20.3 Å². The van der Waals surface area contributed by atoms with Crippen LogP contribution in [-0.2, 0) is 20.6 Å². The third-order valence-electron chi connectivity index (χ3n) is 5.39. The molecule has 156 valence electrons. The molecule has 1 aromatic rings. The lowest BCUT2D eigenvalue weighted by Gasteiger charge is -2.35. The van der Waals surface area contributed by atoms with E-state index in [1.807, 2.05) is 0 Å². The zero-order valence-corrected chi connectivity index (χ0v) is 15.7. The number of rotatable bonds is 6. The smallest absolute Gasteiger partial charge is 0.371 e. The molecule has 1 aliphatic carbocycles. The number of hydrogen-bond acceptors (Lipinski definition) is 4. The quantitative estimate of drug-likeness (QED) is 0.430. The zero-order chi connectivity index (χ0) is 21.2. The van der Waals surface area contributed by atoms with Crippen molar-refractivity contribution in [2.75, 3.05) is 23.3 Å². The van der Waals surface area contributed by atoms with Crippen LogP contribution in [0.1, 0.15) is 31.2 Å². The summed E-state index contributed by atoms with van der Waals surface area (Å²) in [5.41, 5.74) is -1.91. The van der Waals surface area contributed by atoms with Crippen molar-refractivity contribution in [1.82, 2.24) is 5.32 Å². The average Bonchev–Trinajstić information content (AvgIpc) is 3.49. The van der Waals surface area contributed by atoms with Crippen molar-refractivity contribution in [2.45, 2.75) is 37.9 Å². The largest absolute Gasteiger partial charge is 0.418 e. The van der Waals surface area contributed by atoms with E-state index in [9.17, 15) is 27.6 Å². The van der Waals surface area contributed by atoms with E-state index < -0.39 is 23.1 Å². The molecule has 2 amide bonds. The molecule has 2 fully saturated rings. The van der Waals surface area contributed by atoms with Crippen LogP contribution in [0.3, 0.4) is 0 Å². The molecule has 29 heavy (non-hydrogen) atoms. The summed E-state index contributed by atoms with van der Waals surface area (Å²) in [4.78, 5) is 36.2. The number of piperidine rings is 1. The van der Waals surface area contributed by atoms with Crippen molar-refractivity contribution in [2.24, 2.45) is 5.41 Å². The highest BCUT2D eigenvalue weighted by atomic mass is 19.4. The second-order valence-corrected chi connectivity index (χ2v) is 7.43. The molecule has 1 heterocycles. The molecule has 2 aliphatic rings. The molecule has 2 N–H and O–H groups in total. The second kappa shape index (κ2) is 7.88. The summed E-state index contributed by atoms with van der Waals surface area (Å²) in [6, 6.07) is 3.54. The fourth-order valence-corrected chi connectivity index (χ4v) is 3.43. The van der Waals surface area contributed by atoms with Crippen molar-refractivity contribution in [3.63, 3.8) is 0 Å². The topological polar surface area (TPSA) is 78.5 Å². The Labute approximate surface area is 166 Å².